The minimum absolute atomic E-state index is 0.225. The maximum absolute atomic E-state index is 9.43. The number of aryl methyl sites for hydroxylation is 1. The number of hydrogen-bond donors (Lipinski definition) is 1. The molecule has 0 bridgehead atoms. The van der Waals surface area contributed by atoms with Crippen molar-refractivity contribution in [3.63, 3.8) is 0 Å². The van der Waals surface area contributed by atoms with Gasteiger partial charge >= 0.3 is 0 Å². The normalized spacial score (nSPS) is 10.7. The molecule has 0 radical (unpaired) electrons. The number of nitrogens with zero attached hydrogens (tertiary/aromatic N) is 3. The van der Waals surface area contributed by atoms with Gasteiger partial charge in [-0.3, -0.25) is 0 Å². The molecule has 0 saturated carbocycles. The second-order valence-corrected chi connectivity index (χ2v) is 4.52. The summed E-state index contributed by atoms with van der Waals surface area (Å²) < 4.78 is 5.22. The van der Waals surface area contributed by atoms with Crippen molar-refractivity contribution in [3.05, 3.63) is 59.6 Å². The largest absolute Gasteiger partial charge is 0.508 e. The van der Waals surface area contributed by atoms with E-state index in [1.54, 1.807) is 18.2 Å². The van der Waals surface area contributed by atoms with Gasteiger partial charge < -0.3 is 9.63 Å². The average molecular weight is 267 g/mol. The Labute approximate surface area is 115 Å². The zero-order valence-electron chi connectivity index (χ0n) is 10.9. The topological polar surface area (TPSA) is 72.0 Å². The fraction of sp³-hybridized carbons (Fsp3) is 0.133. The van der Waals surface area contributed by atoms with E-state index in [2.05, 4.69) is 15.1 Å². The van der Waals surface area contributed by atoms with E-state index in [4.69, 9.17) is 4.52 Å². The van der Waals surface area contributed by atoms with Crippen LogP contribution >= 0.6 is 0 Å². The Kier molecular flexibility index (Phi) is 3.16. The lowest BCUT2D eigenvalue weighted by molar-refractivity contribution is 0.385. The van der Waals surface area contributed by atoms with Crippen LogP contribution in [-0.2, 0) is 6.42 Å². The summed E-state index contributed by atoms with van der Waals surface area (Å²) in [7, 11) is 0. The summed E-state index contributed by atoms with van der Waals surface area (Å²) in [6.45, 7) is 1.91. The third-order valence-electron chi connectivity index (χ3n) is 2.85. The molecule has 3 aromatic rings. The number of phenolic OH excluding ortho intramolecular Hbond substituents is 1. The highest BCUT2D eigenvalue weighted by Crippen LogP contribution is 2.17. The van der Waals surface area contributed by atoms with E-state index in [0.717, 1.165) is 11.3 Å². The van der Waals surface area contributed by atoms with Crippen LogP contribution in [0.25, 0.3) is 11.5 Å². The van der Waals surface area contributed by atoms with Gasteiger partial charge in [0.2, 0.25) is 11.7 Å². The second-order valence-electron chi connectivity index (χ2n) is 4.52. The lowest BCUT2D eigenvalue weighted by atomic mass is 10.1. The number of hydrogen-bond acceptors (Lipinski definition) is 5. The van der Waals surface area contributed by atoms with Gasteiger partial charge in [0, 0.05) is 5.69 Å². The summed E-state index contributed by atoms with van der Waals surface area (Å²) in [4.78, 5) is 8.68. The Balaban J connectivity index is 1.84. The molecule has 100 valence electrons. The highest BCUT2D eigenvalue weighted by molar-refractivity contribution is 5.48. The molecule has 2 heterocycles. The average Bonchev–Trinajstić information content (AvgIpc) is 2.87. The Morgan fingerprint density at radius 2 is 1.95 bits per heavy atom. The number of aromatic hydroxyl groups is 1. The molecule has 2 aromatic heterocycles. The molecular formula is C15H13N3O2. The lowest BCUT2D eigenvalue weighted by Crippen LogP contribution is -1.90. The number of phenols is 1. The molecule has 0 atom stereocenters. The van der Waals surface area contributed by atoms with E-state index < -0.39 is 0 Å². The smallest absolute Gasteiger partial charge is 0.231 e. The summed E-state index contributed by atoms with van der Waals surface area (Å²) in [6.07, 6.45) is 0.479. The molecule has 0 unspecified atom stereocenters. The van der Waals surface area contributed by atoms with Gasteiger partial charge in [-0.2, -0.15) is 4.98 Å². The van der Waals surface area contributed by atoms with Gasteiger partial charge in [-0.1, -0.05) is 23.4 Å². The molecule has 0 aliphatic heterocycles. The van der Waals surface area contributed by atoms with Gasteiger partial charge in [0.1, 0.15) is 11.4 Å². The van der Waals surface area contributed by atoms with Crippen molar-refractivity contribution in [2.45, 2.75) is 13.3 Å². The van der Waals surface area contributed by atoms with Crippen LogP contribution in [0.4, 0.5) is 0 Å². The summed E-state index contributed by atoms with van der Waals surface area (Å²) in [5, 5.41) is 13.4. The molecule has 3 rings (SSSR count). The molecule has 20 heavy (non-hydrogen) atoms. The molecule has 0 saturated heterocycles. The van der Waals surface area contributed by atoms with E-state index in [0.29, 0.717) is 23.8 Å². The van der Waals surface area contributed by atoms with E-state index in [1.807, 2.05) is 31.2 Å². The zero-order valence-corrected chi connectivity index (χ0v) is 10.9. The molecule has 1 aromatic carbocycles. The molecule has 1 N–H and O–H groups in total. The molecule has 0 amide bonds. The Morgan fingerprint density at radius 1 is 1.10 bits per heavy atom. The van der Waals surface area contributed by atoms with Gasteiger partial charge in [-0.05, 0) is 36.8 Å². The number of aromatic nitrogens is 3. The minimum Gasteiger partial charge on any atom is -0.508 e. The van der Waals surface area contributed by atoms with Crippen molar-refractivity contribution < 1.29 is 9.63 Å². The van der Waals surface area contributed by atoms with Gasteiger partial charge in [0.25, 0.3) is 0 Å². The third kappa shape index (κ3) is 2.66. The van der Waals surface area contributed by atoms with Crippen molar-refractivity contribution in [2.24, 2.45) is 0 Å². The highest BCUT2D eigenvalue weighted by Gasteiger charge is 2.10. The monoisotopic (exact) mass is 267 g/mol. The van der Waals surface area contributed by atoms with Gasteiger partial charge in [-0.15, -0.1) is 0 Å². The van der Waals surface area contributed by atoms with Gasteiger partial charge in [0.05, 0.1) is 6.42 Å². The maximum Gasteiger partial charge on any atom is 0.231 e. The first-order chi connectivity index (χ1) is 9.70. The van der Waals surface area contributed by atoms with Crippen LogP contribution in [-0.4, -0.2) is 20.2 Å². The predicted octanol–water partition coefficient (Wildman–Crippen LogP) is 2.74. The van der Waals surface area contributed by atoms with Crippen LogP contribution in [0.15, 0.2) is 47.0 Å². The summed E-state index contributed by atoms with van der Waals surface area (Å²) in [5.41, 5.74) is 2.51. The molecule has 0 spiro atoms. The van der Waals surface area contributed by atoms with Gasteiger partial charge in [-0.25, -0.2) is 4.98 Å². The second kappa shape index (κ2) is 5.13. The number of benzene rings is 1. The fourth-order valence-corrected chi connectivity index (χ4v) is 1.94. The molecule has 0 fully saturated rings. The third-order valence-corrected chi connectivity index (χ3v) is 2.85. The minimum atomic E-state index is 0.225. The summed E-state index contributed by atoms with van der Waals surface area (Å²) in [5.74, 6) is 1.19. The van der Waals surface area contributed by atoms with Gasteiger partial charge in [0.15, 0.2) is 0 Å². The Bertz CT molecular complexity index is 737. The standard InChI is InChI=1S/C15H13N3O2/c1-10-4-2-7-13(16-10)15-17-14(20-18-15)9-11-5-3-6-12(19)8-11/h2-8,19H,9H2,1H3. The molecule has 5 nitrogen and oxygen atoms in total. The van der Waals surface area contributed by atoms with Crippen LogP contribution < -0.4 is 0 Å². The van der Waals surface area contributed by atoms with E-state index in [-0.39, 0.29) is 5.75 Å². The van der Waals surface area contributed by atoms with E-state index in [9.17, 15) is 5.11 Å². The quantitative estimate of drug-likeness (QED) is 0.790. The SMILES string of the molecule is Cc1cccc(-c2noc(Cc3cccc(O)c3)n2)n1. The predicted molar refractivity (Wildman–Crippen MR) is 73.2 cm³/mol. The summed E-state index contributed by atoms with van der Waals surface area (Å²) in [6, 6.07) is 12.6. The first-order valence-corrected chi connectivity index (χ1v) is 6.25. The van der Waals surface area contributed by atoms with E-state index in [1.165, 1.54) is 0 Å². The van der Waals surface area contributed by atoms with E-state index >= 15 is 0 Å². The maximum atomic E-state index is 9.43. The highest BCUT2D eigenvalue weighted by atomic mass is 16.5. The fourth-order valence-electron chi connectivity index (χ4n) is 1.94. The van der Waals surface area contributed by atoms with Crippen molar-refractivity contribution in [1.29, 1.82) is 0 Å². The lowest BCUT2D eigenvalue weighted by Gasteiger charge is -1.97. The van der Waals surface area contributed by atoms with Crippen molar-refractivity contribution in [3.8, 4) is 17.3 Å². The molecule has 0 aliphatic carbocycles. The van der Waals surface area contributed by atoms with Crippen molar-refractivity contribution in [2.75, 3.05) is 0 Å². The summed E-state index contributed by atoms with van der Waals surface area (Å²) >= 11 is 0. The molecular weight excluding hydrogens is 254 g/mol. The van der Waals surface area contributed by atoms with Crippen molar-refractivity contribution in [1.82, 2.24) is 15.1 Å². The number of rotatable bonds is 3. The molecule has 0 aliphatic rings. The van der Waals surface area contributed by atoms with Crippen LogP contribution in [0.1, 0.15) is 17.1 Å². The Hall–Kier alpha value is -2.69. The van der Waals surface area contributed by atoms with Crippen LogP contribution in [0.5, 0.6) is 5.75 Å². The van der Waals surface area contributed by atoms with Crippen LogP contribution in [0, 0.1) is 6.92 Å². The Morgan fingerprint density at radius 3 is 2.75 bits per heavy atom. The first-order valence-electron chi connectivity index (χ1n) is 6.25. The molecule has 5 heteroatoms. The first kappa shape index (κ1) is 12.3. The van der Waals surface area contributed by atoms with Crippen molar-refractivity contribution >= 4 is 0 Å². The van der Waals surface area contributed by atoms with Crippen LogP contribution in [0.3, 0.4) is 0 Å². The van der Waals surface area contributed by atoms with Crippen LogP contribution in [0.2, 0.25) is 0 Å². The number of pyridine rings is 1. The zero-order chi connectivity index (χ0) is 13.9.